The number of likely N-dealkylation sites (N-methyl/N-ethyl adjacent to an activating group) is 1. The van der Waals surface area contributed by atoms with Crippen molar-refractivity contribution in [3.05, 3.63) is 16.5 Å². The van der Waals surface area contributed by atoms with Crippen molar-refractivity contribution < 1.29 is 4.74 Å². The minimum Gasteiger partial charge on any atom is -0.476 e. The highest BCUT2D eigenvalue weighted by molar-refractivity contribution is 9.10. The molecule has 1 saturated heterocycles. The molecule has 1 atom stereocenters. The molecule has 0 spiro atoms. The van der Waals surface area contributed by atoms with Gasteiger partial charge in [-0.15, -0.1) is 0 Å². The highest BCUT2D eigenvalue weighted by atomic mass is 79.9. The van der Waals surface area contributed by atoms with Gasteiger partial charge in [-0.05, 0) is 48.8 Å². The predicted octanol–water partition coefficient (Wildman–Crippen LogP) is 3.05. The first kappa shape index (κ1) is 14.7. The quantitative estimate of drug-likeness (QED) is 0.779. The van der Waals surface area contributed by atoms with E-state index < -0.39 is 0 Å². The molecule has 0 amide bonds. The summed E-state index contributed by atoms with van der Waals surface area (Å²) in [5.41, 5.74) is 0. The van der Waals surface area contributed by atoms with Crippen LogP contribution in [0.25, 0.3) is 0 Å². The smallest absolute Gasteiger partial charge is 0.217 e. The molecule has 0 saturated carbocycles. The number of aryl methyl sites for hydroxylation is 1. The molecule has 106 valence electrons. The number of likely N-dealkylation sites (tertiary alicyclic amines) is 1. The lowest BCUT2D eigenvalue weighted by atomic mass is 10.0. The number of ether oxygens (including phenoxy) is 1. The summed E-state index contributed by atoms with van der Waals surface area (Å²) in [6.45, 7) is 4.01. The van der Waals surface area contributed by atoms with Gasteiger partial charge in [-0.25, -0.2) is 4.98 Å². The second-order valence-electron chi connectivity index (χ2n) is 5.14. The summed E-state index contributed by atoms with van der Waals surface area (Å²) in [5.74, 6) is 1.54. The summed E-state index contributed by atoms with van der Waals surface area (Å²) < 4.78 is 6.66. The van der Waals surface area contributed by atoms with Crippen LogP contribution in [0.3, 0.4) is 0 Å². The fraction of sp³-hybridized carbons (Fsp3) is 0.714. The van der Waals surface area contributed by atoms with Gasteiger partial charge in [0.15, 0.2) is 0 Å². The van der Waals surface area contributed by atoms with Gasteiger partial charge in [-0.2, -0.15) is 4.98 Å². The SMILES string of the molecule is CCCc1nc(Br)cc(OCC2CCCCN2C)n1. The fourth-order valence-electron chi connectivity index (χ4n) is 2.39. The number of hydrogen-bond acceptors (Lipinski definition) is 4. The van der Waals surface area contributed by atoms with E-state index in [9.17, 15) is 0 Å². The average molecular weight is 328 g/mol. The maximum Gasteiger partial charge on any atom is 0.217 e. The number of aromatic nitrogens is 2. The Hall–Kier alpha value is -0.680. The summed E-state index contributed by atoms with van der Waals surface area (Å²) in [6.07, 6.45) is 5.74. The van der Waals surface area contributed by atoms with Crippen LogP contribution >= 0.6 is 15.9 Å². The van der Waals surface area contributed by atoms with Crippen molar-refractivity contribution in [2.75, 3.05) is 20.2 Å². The molecule has 4 nitrogen and oxygen atoms in total. The van der Waals surface area contributed by atoms with E-state index in [1.54, 1.807) is 0 Å². The third-order valence-corrected chi connectivity index (χ3v) is 3.94. The van der Waals surface area contributed by atoms with Gasteiger partial charge in [0.25, 0.3) is 0 Å². The molecule has 1 aromatic rings. The van der Waals surface area contributed by atoms with Crippen molar-refractivity contribution in [1.82, 2.24) is 14.9 Å². The molecule has 0 N–H and O–H groups in total. The molecule has 5 heteroatoms. The Labute approximate surface area is 123 Å². The van der Waals surface area contributed by atoms with Crippen molar-refractivity contribution >= 4 is 15.9 Å². The van der Waals surface area contributed by atoms with Crippen LogP contribution in [0.5, 0.6) is 5.88 Å². The van der Waals surface area contributed by atoms with Gasteiger partial charge in [-0.3, -0.25) is 0 Å². The van der Waals surface area contributed by atoms with Gasteiger partial charge in [-0.1, -0.05) is 13.3 Å². The summed E-state index contributed by atoms with van der Waals surface area (Å²) in [5, 5.41) is 0. The summed E-state index contributed by atoms with van der Waals surface area (Å²) >= 11 is 3.42. The zero-order valence-electron chi connectivity index (χ0n) is 11.7. The molecule has 2 rings (SSSR count). The zero-order valence-corrected chi connectivity index (χ0v) is 13.3. The minimum atomic E-state index is 0.511. The average Bonchev–Trinajstić information content (AvgIpc) is 2.37. The van der Waals surface area contributed by atoms with E-state index in [2.05, 4.69) is 44.8 Å². The second-order valence-corrected chi connectivity index (χ2v) is 5.95. The van der Waals surface area contributed by atoms with Crippen LogP contribution in [0.15, 0.2) is 10.7 Å². The summed E-state index contributed by atoms with van der Waals surface area (Å²) in [4.78, 5) is 11.2. The highest BCUT2D eigenvalue weighted by Gasteiger charge is 2.19. The number of nitrogens with zero attached hydrogens (tertiary/aromatic N) is 3. The minimum absolute atomic E-state index is 0.511. The van der Waals surface area contributed by atoms with Gasteiger partial charge >= 0.3 is 0 Å². The molecule has 1 aliphatic heterocycles. The Kier molecular flexibility index (Phi) is 5.58. The molecular formula is C14H22BrN3O. The fourth-order valence-corrected chi connectivity index (χ4v) is 2.79. The van der Waals surface area contributed by atoms with Crippen LogP contribution in [0.1, 0.15) is 38.4 Å². The third kappa shape index (κ3) is 4.42. The monoisotopic (exact) mass is 327 g/mol. The Bertz CT molecular complexity index is 414. The molecule has 19 heavy (non-hydrogen) atoms. The van der Waals surface area contributed by atoms with Gasteiger partial charge in [0.2, 0.25) is 5.88 Å². The standard InChI is InChI=1S/C14H22BrN3O/c1-3-6-13-16-12(15)9-14(17-13)19-10-11-7-4-5-8-18(11)2/h9,11H,3-8,10H2,1-2H3. The molecule has 0 radical (unpaired) electrons. The molecule has 1 fully saturated rings. The first-order valence-electron chi connectivity index (χ1n) is 7.05. The van der Waals surface area contributed by atoms with E-state index in [4.69, 9.17) is 4.74 Å². The molecule has 2 heterocycles. The molecule has 1 unspecified atom stereocenters. The highest BCUT2D eigenvalue weighted by Crippen LogP contribution is 2.19. The second kappa shape index (κ2) is 7.20. The lowest BCUT2D eigenvalue weighted by Gasteiger charge is -2.31. The Morgan fingerprint density at radius 3 is 3.00 bits per heavy atom. The number of halogens is 1. The first-order chi connectivity index (χ1) is 9.19. The largest absolute Gasteiger partial charge is 0.476 e. The van der Waals surface area contributed by atoms with Gasteiger partial charge in [0.1, 0.15) is 17.0 Å². The van der Waals surface area contributed by atoms with Crippen molar-refractivity contribution in [3.63, 3.8) is 0 Å². The third-order valence-electron chi connectivity index (χ3n) is 3.54. The lowest BCUT2D eigenvalue weighted by molar-refractivity contribution is 0.122. The van der Waals surface area contributed by atoms with Crippen LogP contribution in [0.2, 0.25) is 0 Å². The van der Waals surface area contributed by atoms with E-state index in [0.717, 1.165) is 23.3 Å². The normalized spacial score (nSPS) is 20.5. The topological polar surface area (TPSA) is 38.2 Å². The summed E-state index contributed by atoms with van der Waals surface area (Å²) in [7, 11) is 2.17. The molecule has 1 aliphatic rings. The van der Waals surface area contributed by atoms with Crippen LogP contribution in [0.4, 0.5) is 0 Å². The molecule has 0 aromatic carbocycles. The molecule has 0 aliphatic carbocycles. The van der Waals surface area contributed by atoms with E-state index in [1.165, 1.54) is 25.8 Å². The van der Waals surface area contributed by atoms with Gasteiger partial charge < -0.3 is 9.64 Å². The lowest BCUT2D eigenvalue weighted by Crippen LogP contribution is -2.40. The van der Waals surface area contributed by atoms with Gasteiger partial charge in [0.05, 0.1) is 0 Å². The zero-order chi connectivity index (χ0) is 13.7. The van der Waals surface area contributed by atoms with Crippen molar-refractivity contribution in [2.45, 2.75) is 45.1 Å². The summed E-state index contributed by atoms with van der Waals surface area (Å²) in [6, 6.07) is 2.36. The van der Waals surface area contributed by atoms with Crippen molar-refractivity contribution in [3.8, 4) is 5.88 Å². The Morgan fingerprint density at radius 2 is 2.26 bits per heavy atom. The predicted molar refractivity (Wildman–Crippen MR) is 79.5 cm³/mol. The van der Waals surface area contributed by atoms with E-state index in [0.29, 0.717) is 18.5 Å². The maximum atomic E-state index is 5.86. The van der Waals surface area contributed by atoms with Crippen LogP contribution in [-0.4, -0.2) is 41.1 Å². The van der Waals surface area contributed by atoms with Crippen molar-refractivity contribution in [1.29, 1.82) is 0 Å². The maximum absolute atomic E-state index is 5.86. The van der Waals surface area contributed by atoms with Crippen LogP contribution in [-0.2, 0) is 6.42 Å². The van der Waals surface area contributed by atoms with Crippen LogP contribution < -0.4 is 4.74 Å². The van der Waals surface area contributed by atoms with Crippen LogP contribution in [0, 0.1) is 0 Å². The molecule has 0 bridgehead atoms. The first-order valence-corrected chi connectivity index (χ1v) is 7.85. The molecule has 1 aromatic heterocycles. The number of rotatable bonds is 5. The van der Waals surface area contributed by atoms with E-state index in [1.807, 2.05) is 6.07 Å². The van der Waals surface area contributed by atoms with E-state index in [-0.39, 0.29) is 0 Å². The van der Waals surface area contributed by atoms with Gasteiger partial charge in [0, 0.05) is 18.5 Å². The molecular weight excluding hydrogens is 306 g/mol. The van der Waals surface area contributed by atoms with Crippen molar-refractivity contribution in [2.24, 2.45) is 0 Å². The number of piperidine rings is 1. The number of hydrogen-bond donors (Lipinski definition) is 0. The Balaban J connectivity index is 1.94. The Morgan fingerprint density at radius 1 is 1.42 bits per heavy atom. The van der Waals surface area contributed by atoms with E-state index >= 15 is 0 Å².